The molecule has 2 aromatic rings. The lowest BCUT2D eigenvalue weighted by Gasteiger charge is -2.27. The van der Waals surface area contributed by atoms with Crippen LogP contribution in [0.25, 0.3) is 0 Å². The predicted octanol–water partition coefficient (Wildman–Crippen LogP) is 3.48. The van der Waals surface area contributed by atoms with Gasteiger partial charge in [0.25, 0.3) is 5.92 Å². The predicted molar refractivity (Wildman–Crippen MR) is 93.9 cm³/mol. The molecule has 2 fully saturated rings. The van der Waals surface area contributed by atoms with Gasteiger partial charge in [-0.15, -0.1) is 0 Å². The van der Waals surface area contributed by atoms with Crippen molar-refractivity contribution in [2.45, 2.75) is 32.7 Å². The highest BCUT2D eigenvalue weighted by Gasteiger charge is 2.56. The Balaban J connectivity index is 0.000000165. The first-order valence-electron chi connectivity index (χ1n) is 8.74. The van der Waals surface area contributed by atoms with Gasteiger partial charge in [-0.1, -0.05) is 19.9 Å². The molecule has 3 heterocycles. The number of nitrogens with zero attached hydrogens (tertiary/aromatic N) is 4. The standard InChI is InChI=1S/C9H12N2O.C7H8F2N2.C2H6/c1-2-4-10-9(3-1)11-5-7-12-8-6-11;8-7(9)4-6(7)5-11-3-1-2-10-11;1-2/h1-4H,5-8H2;1-3,6H,4-5H2;1-2H3. The largest absolute Gasteiger partial charge is 0.378 e. The van der Waals surface area contributed by atoms with Crippen LogP contribution in [0.5, 0.6) is 0 Å². The van der Waals surface area contributed by atoms with Gasteiger partial charge in [0.15, 0.2) is 0 Å². The van der Waals surface area contributed by atoms with Crippen molar-refractivity contribution in [3.63, 3.8) is 0 Å². The van der Waals surface area contributed by atoms with Crippen LogP contribution in [0.15, 0.2) is 42.9 Å². The van der Waals surface area contributed by atoms with Crippen molar-refractivity contribution < 1.29 is 13.5 Å². The van der Waals surface area contributed by atoms with Crippen molar-refractivity contribution in [2.24, 2.45) is 5.92 Å². The first-order valence-corrected chi connectivity index (χ1v) is 8.74. The normalized spacial score (nSPS) is 20.6. The Morgan fingerprint density at radius 2 is 1.88 bits per heavy atom. The van der Waals surface area contributed by atoms with Crippen molar-refractivity contribution in [2.75, 3.05) is 31.2 Å². The van der Waals surface area contributed by atoms with Crippen molar-refractivity contribution in [1.82, 2.24) is 14.8 Å². The molecule has 0 amide bonds. The molecule has 7 heteroatoms. The number of anilines is 1. The van der Waals surface area contributed by atoms with Crippen molar-refractivity contribution in [3.8, 4) is 0 Å². The second-order valence-corrected chi connectivity index (χ2v) is 5.68. The number of alkyl halides is 2. The third-order valence-electron chi connectivity index (χ3n) is 3.91. The van der Waals surface area contributed by atoms with Gasteiger partial charge in [0.1, 0.15) is 5.82 Å². The maximum Gasteiger partial charge on any atom is 0.253 e. The average molecular weight is 352 g/mol. The van der Waals surface area contributed by atoms with Gasteiger partial charge in [-0.3, -0.25) is 4.68 Å². The summed E-state index contributed by atoms with van der Waals surface area (Å²) in [6.07, 6.45) is 5.15. The van der Waals surface area contributed by atoms with E-state index in [0.29, 0.717) is 6.54 Å². The van der Waals surface area contributed by atoms with Gasteiger partial charge in [0.2, 0.25) is 0 Å². The number of hydrogen-bond donors (Lipinski definition) is 0. The molecule has 0 aromatic carbocycles. The van der Waals surface area contributed by atoms with E-state index in [0.717, 1.165) is 32.1 Å². The van der Waals surface area contributed by atoms with Gasteiger partial charge < -0.3 is 9.64 Å². The van der Waals surface area contributed by atoms with Crippen LogP contribution in [0, 0.1) is 5.92 Å². The van der Waals surface area contributed by atoms with Crippen LogP contribution >= 0.6 is 0 Å². The smallest absolute Gasteiger partial charge is 0.253 e. The Bertz CT molecular complexity index is 586. The number of ether oxygens (including phenoxy) is 1. The van der Waals surface area contributed by atoms with Crippen LogP contribution < -0.4 is 4.90 Å². The number of pyridine rings is 1. The van der Waals surface area contributed by atoms with Gasteiger partial charge in [-0.2, -0.15) is 5.10 Å². The summed E-state index contributed by atoms with van der Waals surface area (Å²) in [6.45, 7) is 7.89. The molecule has 4 rings (SSSR count). The Kier molecular flexibility index (Phi) is 7.31. The molecule has 1 saturated heterocycles. The van der Waals surface area contributed by atoms with Gasteiger partial charge in [0, 0.05) is 50.6 Å². The molecule has 1 aliphatic heterocycles. The van der Waals surface area contributed by atoms with Gasteiger partial charge >= 0.3 is 0 Å². The Morgan fingerprint density at radius 1 is 1.16 bits per heavy atom. The van der Waals surface area contributed by atoms with E-state index in [9.17, 15) is 8.78 Å². The van der Waals surface area contributed by atoms with E-state index in [4.69, 9.17) is 4.74 Å². The second-order valence-electron chi connectivity index (χ2n) is 5.68. The summed E-state index contributed by atoms with van der Waals surface area (Å²) in [6, 6.07) is 7.72. The van der Waals surface area contributed by atoms with E-state index in [1.165, 1.54) is 0 Å². The van der Waals surface area contributed by atoms with Gasteiger partial charge in [-0.25, -0.2) is 13.8 Å². The summed E-state index contributed by atoms with van der Waals surface area (Å²) in [5.74, 6) is -1.85. The summed E-state index contributed by atoms with van der Waals surface area (Å²) in [5, 5.41) is 3.85. The zero-order valence-electron chi connectivity index (χ0n) is 14.8. The maximum absolute atomic E-state index is 12.3. The Labute approximate surface area is 147 Å². The minimum absolute atomic E-state index is 0.0207. The molecule has 1 atom stereocenters. The second kappa shape index (κ2) is 9.46. The molecule has 0 bridgehead atoms. The van der Waals surface area contributed by atoms with E-state index >= 15 is 0 Å². The summed E-state index contributed by atoms with van der Waals surface area (Å²) in [7, 11) is 0. The lowest BCUT2D eigenvalue weighted by Crippen LogP contribution is -2.36. The maximum atomic E-state index is 12.3. The number of aromatic nitrogens is 3. The molecule has 1 saturated carbocycles. The highest BCUT2D eigenvalue weighted by atomic mass is 19.3. The van der Waals surface area contributed by atoms with Crippen LogP contribution in [0.4, 0.5) is 14.6 Å². The van der Waals surface area contributed by atoms with Crippen LogP contribution in [-0.4, -0.2) is 47.0 Å². The Hall–Kier alpha value is -2.02. The van der Waals surface area contributed by atoms with E-state index in [1.807, 2.05) is 38.2 Å². The van der Waals surface area contributed by atoms with E-state index < -0.39 is 11.8 Å². The molecule has 25 heavy (non-hydrogen) atoms. The van der Waals surface area contributed by atoms with Crippen molar-refractivity contribution >= 4 is 5.82 Å². The van der Waals surface area contributed by atoms with Crippen molar-refractivity contribution in [1.29, 1.82) is 0 Å². The molecule has 138 valence electrons. The fourth-order valence-corrected chi connectivity index (χ4v) is 2.44. The molecule has 5 nitrogen and oxygen atoms in total. The molecular weight excluding hydrogens is 326 g/mol. The third-order valence-corrected chi connectivity index (χ3v) is 3.91. The molecule has 0 radical (unpaired) electrons. The summed E-state index contributed by atoms with van der Waals surface area (Å²) < 4.78 is 31.5. The minimum atomic E-state index is -2.42. The van der Waals surface area contributed by atoms with E-state index in [2.05, 4.69) is 15.0 Å². The fraction of sp³-hybridized carbons (Fsp3) is 0.556. The monoisotopic (exact) mass is 352 g/mol. The number of halogens is 2. The molecular formula is C18H26F2N4O. The van der Waals surface area contributed by atoms with E-state index in [-0.39, 0.29) is 6.42 Å². The molecule has 1 unspecified atom stereocenters. The topological polar surface area (TPSA) is 43.2 Å². The summed E-state index contributed by atoms with van der Waals surface area (Å²) in [4.78, 5) is 6.51. The first-order chi connectivity index (χ1) is 12.1. The zero-order valence-corrected chi connectivity index (χ0v) is 14.8. The van der Waals surface area contributed by atoms with Crippen LogP contribution in [0.1, 0.15) is 20.3 Å². The average Bonchev–Trinajstić information content (AvgIpc) is 3.03. The lowest BCUT2D eigenvalue weighted by molar-refractivity contribution is 0.0942. The van der Waals surface area contributed by atoms with Crippen LogP contribution in [0.3, 0.4) is 0 Å². The van der Waals surface area contributed by atoms with Crippen LogP contribution in [0.2, 0.25) is 0 Å². The van der Waals surface area contributed by atoms with Crippen molar-refractivity contribution in [3.05, 3.63) is 42.9 Å². The van der Waals surface area contributed by atoms with Gasteiger partial charge in [-0.05, 0) is 18.2 Å². The van der Waals surface area contributed by atoms with Crippen LogP contribution in [-0.2, 0) is 11.3 Å². The molecule has 2 aliphatic rings. The zero-order chi connectivity index (χ0) is 18.1. The summed E-state index contributed by atoms with van der Waals surface area (Å²) in [5.41, 5.74) is 0. The number of hydrogen-bond acceptors (Lipinski definition) is 4. The minimum Gasteiger partial charge on any atom is -0.378 e. The molecule has 2 aromatic heterocycles. The number of rotatable bonds is 3. The highest BCUT2D eigenvalue weighted by molar-refractivity contribution is 5.37. The SMILES string of the molecule is CC.FC1(F)CC1Cn1cccn1.c1ccc(N2CCOCC2)nc1. The third kappa shape index (κ3) is 6.08. The van der Waals surface area contributed by atoms with E-state index in [1.54, 1.807) is 23.1 Å². The van der Waals surface area contributed by atoms with Gasteiger partial charge in [0.05, 0.1) is 13.2 Å². The first kappa shape index (κ1) is 19.3. The molecule has 1 aliphatic carbocycles. The lowest BCUT2D eigenvalue weighted by atomic mass is 10.4. The summed E-state index contributed by atoms with van der Waals surface area (Å²) >= 11 is 0. The Morgan fingerprint density at radius 3 is 2.40 bits per heavy atom. The fourth-order valence-electron chi connectivity index (χ4n) is 2.44. The number of morpholine rings is 1. The highest BCUT2D eigenvalue weighted by Crippen LogP contribution is 2.49. The quantitative estimate of drug-likeness (QED) is 0.848. The molecule has 0 N–H and O–H groups in total. The molecule has 0 spiro atoms.